The van der Waals surface area contributed by atoms with E-state index in [-0.39, 0.29) is 18.2 Å². The molecule has 1 rings (SSSR count). The molecule has 0 aliphatic heterocycles. The number of alkyl halides is 3. The number of hydrogen-bond donors (Lipinski definition) is 2. The van der Waals surface area contributed by atoms with Gasteiger partial charge in [-0.05, 0) is 30.0 Å². The highest BCUT2D eigenvalue weighted by Gasteiger charge is 2.26. The van der Waals surface area contributed by atoms with E-state index in [1.54, 1.807) is 18.2 Å². The molecule has 0 saturated heterocycles. The van der Waals surface area contributed by atoms with Crippen molar-refractivity contribution in [3.05, 3.63) is 29.8 Å². The minimum absolute atomic E-state index is 0.0107. The molecule has 0 aromatic heterocycles. The van der Waals surface area contributed by atoms with E-state index in [4.69, 9.17) is 5.73 Å². The molecule has 112 valence electrons. The van der Waals surface area contributed by atoms with Crippen LogP contribution in [0, 0.1) is 5.92 Å². The zero-order valence-corrected chi connectivity index (χ0v) is 11.5. The molecule has 1 atom stereocenters. The SMILES string of the molecule is CC(C)[C@H](N)C(=O)Nc1cccc(CCC(F)(F)F)c1. The van der Waals surface area contributed by atoms with E-state index in [2.05, 4.69) is 5.32 Å². The summed E-state index contributed by atoms with van der Waals surface area (Å²) in [6.45, 7) is 3.65. The van der Waals surface area contributed by atoms with Gasteiger partial charge in [0, 0.05) is 12.1 Å². The number of anilines is 1. The van der Waals surface area contributed by atoms with Gasteiger partial charge in [-0.1, -0.05) is 26.0 Å². The Labute approximate surface area is 116 Å². The van der Waals surface area contributed by atoms with Crippen molar-refractivity contribution in [3.8, 4) is 0 Å². The van der Waals surface area contributed by atoms with Crippen LogP contribution >= 0.6 is 0 Å². The molecule has 1 amide bonds. The van der Waals surface area contributed by atoms with Gasteiger partial charge in [0.05, 0.1) is 6.04 Å². The molecule has 0 spiro atoms. The van der Waals surface area contributed by atoms with E-state index in [1.807, 2.05) is 13.8 Å². The Kier molecular flexibility index (Phi) is 5.56. The molecular weight excluding hydrogens is 269 g/mol. The average molecular weight is 288 g/mol. The van der Waals surface area contributed by atoms with Crippen molar-refractivity contribution in [3.63, 3.8) is 0 Å². The van der Waals surface area contributed by atoms with Gasteiger partial charge in [0.25, 0.3) is 0 Å². The molecule has 0 aliphatic carbocycles. The van der Waals surface area contributed by atoms with E-state index < -0.39 is 18.6 Å². The van der Waals surface area contributed by atoms with Crippen molar-refractivity contribution >= 4 is 11.6 Å². The monoisotopic (exact) mass is 288 g/mol. The number of benzene rings is 1. The third kappa shape index (κ3) is 5.61. The zero-order valence-electron chi connectivity index (χ0n) is 11.5. The molecule has 1 aromatic rings. The molecule has 0 aliphatic rings. The minimum atomic E-state index is -4.18. The van der Waals surface area contributed by atoms with E-state index in [0.29, 0.717) is 11.3 Å². The van der Waals surface area contributed by atoms with Gasteiger partial charge in [0.1, 0.15) is 0 Å². The number of nitrogens with one attached hydrogen (secondary N) is 1. The minimum Gasteiger partial charge on any atom is -0.325 e. The van der Waals surface area contributed by atoms with Crippen molar-refractivity contribution in [1.82, 2.24) is 0 Å². The fourth-order valence-corrected chi connectivity index (χ4v) is 1.62. The second-order valence-electron chi connectivity index (χ2n) is 5.07. The largest absolute Gasteiger partial charge is 0.389 e. The van der Waals surface area contributed by atoms with Gasteiger partial charge in [-0.2, -0.15) is 13.2 Å². The summed E-state index contributed by atoms with van der Waals surface area (Å²) >= 11 is 0. The van der Waals surface area contributed by atoms with Crippen LogP contribution in [0.5, 0.6) is 0 Å². The maximum absolute atomic E-state index is 12.2. The lowest BCUT2D eigenvalue weighted by atomic mass is 10.0. The number of aryl methyl sites for hydroxylation is 1. The van der Waals surface area contributed by atoms with E-state index in [0.717, 1.165) is 0 Å². The Morgan fingerprint density at radius 1 is 1.35 bits per heavy atom. The summed E-state index contributed by atoms with van der Waals surface area (Å²) in [5.41, 5.74) is 6.69. The fourth-order valence-electron chi connectivity index (χ4n) is 1.62. The average Bonchev–Trinajstić information content (AvgIpc) is 2.35. The first kappa shape index (κ1) is 16.5. The van der Waals surface area contributed by atoms with Crippen molar-refractivity contribution in [2.45, 2.75) is 38.9 Å². The predicted octanol–water partition coefficient (Wildman–Crippen LogP) is 3.10. The van der Waals surface area contributed by atoms with Gasteiger partial charge < -0.3 is 11.1 Å². The highest BCUT2D eigenvalue weighted by Crippen LogP contribution is 2.23. The molecule has 6 heteroatoms. The lowest BCUT2D eigenvalue weighted by Gasteiger charge is -2.15. The molecule has 0 radical (unpaired) electrons. The molecule has 3 N–H and O–H groups in total. The number of hydrogen-bond acceptors (Lipinski definition) is 2. The maximum atomic E-state index is 12.2. The molecule has 0 fully saturated rings. The number of carbonyl (C=O) groups is 1. The molecule has 0 heterocycles. The quantitative estimate of drug-likeness (QED) is 0.874. The Morgan fingerprint density at radius 2 is 2.00 bits per heavy atom. The van der Waals surface area contributed by atoms with E-state index in [1.165, 1.54) is 6.07 Å². The smallest absolute Gasteiger partial charge is 0.325 e. The Hall–Kier alpha value is -1.56. The van der Waals surface area contributed by atoms with Gasteiger partial charge in [-0.25, -0.2) is 0 Å². The maximum Gasteiger partial charge on any atom is 0.389 e. The molecule has 20 heavy (non-hydrogen) atoms. The fraction of sp³-hybridized carbons (Fsp3) is 0.500. The van der Waals surface area contributed by atoms with Gasteiger partial charge in [-0.15, -0.1) is 0 Å². The third-order valence-electron chi connectivity index (χ3n) is 2.91. The summed E-state index contributed by atoms with van der Waals surface area (Å²) in [5.74, 6) is -0.351. The predicted molar refractivity (Wildman–Crippen MR) is 72.3 cm³/mol. The first-order valence-electron chi connectivity index (χ1n) is 6.41. The van der Waals surface area contributed by atoms with Crippen molar-refractivity contribution in [1.29, 1.82) is 0 Å². The van der Waals surface area contributed by atoms with Crippen LogP contribution in [0.15, 0.2) is 24.3 Å². The summed E-state index contributed by atoms with van der Waals surface area (Å²) in [6.07, 6.45) is -5.17. The summed E-state index contributed by atoms with van der Waals surface area (Å²) in [6, 6.07) is 5.74. The lowest BCUT2D eigenvalue weighted by Crippen LogP contribution is -2.39. The summed E-state index contributed by atoms with van der Waals surface area (Å²) in [7, 11) is 0. The number of amides is 1. The van der Waals surface area contributed by atoms with Crippen LogP contribution in [0.4, 0.5) is 18.9 Å². The number of halogens is 3. The lowest BCUT2D eigenvalue weighted by molar-refractivity contribution is -0.134. The van der Waals surface area contributed by atoms with Crippen LogP contribution in [0.1, 0.15) is 25.8 Å². The molecular formula is C14H19F3N2O. The van der Waals surface area contributed by atoms with Gasteiger partial charge in [0.2, 0.25) is 5.91 Å². The number of carbonyl (C=O) groups excluding carboxylic acids is 1. The van der Waals surface area contributed by atoms with Crippen LogP contribution in [0.25, 0.3) is 0 Å². The number of rotatable bonds is 5. The highest BCUT2D eigenvalue weighted by atomic mass is 19.4. The van der Waals surface area contributed by atoms with Gasteiger partial charge >= 0.3 is 6.18 Å². The van der Waals surface area contributed by atoms with Crippen molar-refractivity contribution < 1.29 is 18.0 Å². The normalized spacial score (nSPS) is 13.3. The second kappa shape index (κ2) is 6.74. The Bertz CT molecular complexity index is 458. The van der Waals surface area contributed by atoms with Crippen LogP contribution in [-0.2, 0) is 11.2 Å². The summed E-state index contributed by atoms with van der Waals surface area (Å²) < 4.78 is 36.5. The van der Waals surface area contributed by atoms with Gasteiger partial charge in [0.15, 0.2) is 0 Å². The summed E-state index contributed by atoms with van der Waals surface area (Å²) in [4.78, 5) is 11.8. The molecule has 1 aromatic carbocycles. The van der Waals surface area contributed by atoms with Crippen LogP contribution in [0.3, 0.4) is 0 Å². The van der Waals surface area contributed by atoms with E-state index >= 15 is 0 Å². The molecule has 0 unspecified atom stereocenters. The summed E-state index contributed by atoms with van der Waals surface area (Å²) in [5, 5.41) is 2.62. The Morgan fingerprint density at radius 3 is 2.55 bits per heavy atom. The second-order valence-corrected chi connectivity index (χ2v) is 5.07. The van der Waals surface area contributed by atoms with Crippen molar-refractivity contribution in [2.75, 3.05) is 5.32 Å². The first-order chi connectivity index (χ1) is 9.19. The highest BCUT2D eigenvalue weighted by molar-refractivity contribution is 5.94. The third-order valence-corrected chi connectivity index (χ3v) is 2.91. The van der Waals surface area contributed by atoms with Crippen LogP contribution in [-0.4, -0.2) is 18.1 Å². The molecule has 0 saturated carbocycles. The van der Waals surface area contributed by atoms with Crippen LogP contribution in [0.2, 0.25) is 0 Å². The van der Waals surface area contributed by atoms with Crippen molar-refractivity contribution in [2.24, 2.45) is 11.7 Å². The van der Waals surface area contributed by atoms with Gasteiger partial charge in [-0.3, -0.25) is 4.79 Å². The molecule has 3 nitrogen and oxygen atoms in total. The Balaban J connectivity index is 2.66. The topological polar surface area (TPSA) is 55.1 Å². The molecule has 0 bridgehead atoms. The standard InChI is InChI=1S/C14H19F3N2O/c1-9(2)12(18)13(20)19-11-5-3-4-10(8-11)6-7-14(15,16)17/h3-5,8-9,12H,6-7,18H2,1-2H3,(H,19,20)/t12-/m0/s1. The number of nitrogens with two attached hydrogens (primary N) is 1. The first-order valence-corrected chi connectivity index (χ1v) is 6.41. The zero-order chi connectivity index (χ0) is 15.3. The van der Waals surface area contributed by atoms with E-state index in [9.17, 15) is 18.0 Å². The van der Waals surface area contributed by atoms with Crippen LogP contribution < -0.4 is 11.1 Å².